The molecule has 0 aliphatic carbocycles. The molecule has 0 radical (unpaired) electrons. The van der Waals surface area contributed by atoms with Crippen LogP contribution in [0.2, 0.25) is 0 Å². The Bertz CT molecular complexity index is 529. The molecule has 2 unspecified atom stereocenters. The third-order valence-corrected chi connectivity index (χ3v) is 5.72. The van der Waals surface area contributed by atoms with Gasteiger partial charge in [-0.15, -0.1) is 22.7 Å². The summed E-state index contributed by atoms with van der Waals surface area (Å²) < 4.78 is 0. The van der Waals surface area contributed by atoms with Crippen LogP contribution in [0.25, 0.3) is 0 Å². The molecule has 1 N–H and O–H groups in total. The standard InChI is InChI=1S/C16H20N2OS2/c1-12-8-17-9-15(12)16(19)18(10-13-4-2-6-20-13)11-14-5-3-7-21-14/h2-7,12,15,17H,8-11H2,1H3. The maximum absolute atomic E-state index is 12.9. The van der Waals surface area contributed by atoms with Crippen molar-refractivity contribution in [2.75, 3.05) is 13.1 Å². The van der Waals surface area contributed by atoms with Crippen molar-refractivity contribution < 1.29 is 4.79 Å². The van der Waals surface area contributed by atoms with E-state index in [0.717, 1.165) is 26.2 Å². The molecule has 1 fully saturated rings. The fraction of sp³-hybridized carbons (Fsp3) is 0.438. The highest BCUT2D eigenvalue weighted by Gasteiger charge is 2.33. The maximum atomic E-state index is 12.9. The molecule has 0 spiro atoms. The molecule has 2 aromatic rings. The van der Waals surface area contributed by atoms with Crippen LogP contribution in [0.5, 0.6) is 0 Å². The molecule has 3 nitrogen and oxygen atoms in total. The van der Waals surface area contributed by atoms with Crippen molar-refractivity contribution in [1.82, 2.24) is 10.2 Å². The summed E-state index contributed by atoms with van der Waals surface area (Å²) in [6, 6.07) is 8.31. The lowest BCUT2D eigenvalue weighted by Crippen LogP contribution is -2.37. The molecule has 112 valence electrons. The Morgan fingerprint density at radius 2 is 1.81 bits per heavy atom. The van der Waals surface area contributed by atoms with E-state index in [9.17, 15) is 4.79 Å². The maximum Gasteiger partial charge on any atom is 0.227 e. The van der Waals surface area contributed by atoms with E-state index in [0.29, 0.717) is 5.92 Å². The molecule has 2 aromatic heterocycles. The van der Waals surface area contributed by atoms with E-state index in [1.807, 2.05) is 17.0 Å². The van der Waals surface area contributed by atoms with E-state index in [1.165, 1.54) is 9.75 Å². The number of amides is 1. The first kappa shape index (κ1) is 14.8. The van der Waals surface area contributed by atoms with Crippen molar-refractivity contribution in [3.8, 4) is 0 Å². The summed E-state index contributed by atoms with van der Waals surface area (Å²) in [6.45, 7) is 5.36. The fourth-order valence-corrected chi connectivity index (χ4v) is 4.21. The summed E-state index contributed by atoms with van der Waals surface area (Å²) in [6.07, 6.45) is 0. The Hall–Kier alpha value is -1.17. The van der Waals surface area contributed by atoms with Gasteiger partial charge in [0.2, 0.25) is 5.91 Å². The largest absolute Gasteiger partial charge is 0.332 e. The average molecular weight is 320 g/mol. The summed E-state index contributed by atoms with van der Waals surface area (Å²) in [7, 11) is 0. The van der Waals surface area contributed by atoms with Crippen LogP contribution in [0.1, 0.15) is 16.7 Å². The molecule has 1 aliphatic heterocycles. The zero-order chi connectivity index (χ0) is 14.7. The van der Waals surface area contributed by atoms with Crippen LogP contribution < -0.4 is 5.32 Å². The molecule has 0 aromatic carbocycles. The Morgan fingerprint density at radius 3 is 2.24 bits per heavy atom. The zero-order valence-corrected chi connectivity index (χ0v) is 13.8. The van der Waals surface area contributed by atoms with E-state index >= 15 is 0 Å². The summed E-state index contributed by atoms with van der Waals surface area (Å²) >= 11 is 3.44. The first-order valence-corrected chi connectivity index (χ1v) is 9.04. The average Bonchev–Trinajstić information content (AvgIpc) is 3.19. The molecule has 5 heteroatoms. The van der Waals surface area contributed by atoms with Gasteiger partial charge in [0.1, 0.15) is 0 Å². The number of rotatable bonds is 5. The van der Waals surface area contributed by atoms with Gasteiger partial charge in [-0.25, -0.2) is 0 Å². The smallest absolute Gasteiger partial charge is 0.227 e. The van der Waals surface area contributed by atoms with Crippen LogP contribution in [0.4, 0.5) is 0 Å². The van der Waals surface area contributed by atoms with Crippen LogP contribution in [-0.2, 0) is 17.9 Å². The molecule has 2 atom stereocenters. The van der Waals surface area contributed by atoms with Crippen LogP contribution in [0.3, 0.4) is 0 Å². The minimum atomic E-state index is 0.116. The van der Waals surface area contributed by atoms with Crippen molar-refractivity contribution in [2.24, 2.45) is 11.8 Å². The van der Waals surface area contributed by atoms with E-state index < -0.39 is 0 Å². The molecular weight excluding hydrogens is 300 g/mol. The zero-order valence-electron chi connectivity index (χ0n) is 12.1. The third kappa shape index (κ3) is 3.54. The molecule has 0 bridgehead atoms. The molecule has 0 saturated carbocycles. The lowest BCUT2D eigenvalue weighted by atomic mass is 9.96. The monoisotopic (exact) mass is 320 g/mol. The Kier molecular flexibility index (Phi) is 4.73. The number of hydrogen-bond acceptors (Lipinski definition) is 4. The van der Waals surface area contributed by atoms with Crippen LogP contribution in [0, 0.1) is 11.8 Å². The molecule has 21 heavy (non-hydrogen) atoms. The second-order valence-electron chi connectivity index (χ2n) is 5.60. The minimum absolute atomic E-state index is 0.116. The normalized spacial score (nSPS) is 21.6. The summed E-state index contributed by atoms with van der Waals surface area (Å²) in [5.41, 5.74) is 0. The van der Waals surface area contributed by atoms with Gasteiger partial charge in [0.15, 0.2) is 0 Å². The Morgan fingerprint density at radius 1 is 1.19 bits per heavy atom. The highest BCUT2D eigenvalue weighted by Crippen LogP contribution is 2.23. The number of nitrogens with one attached hydrogen (secondary N) is 1. The quantitative estimate of drug-likeness (QED) is 0.917. The lowest BCUT2D eigenvalue weighted by molar-refractivity contribution is -0.137. The second kappa shape index (κ2) is 6.73. The predicted molar refractivity (Wildman–Crippen MR) is 88.4 cm³/mol. The van der Waals surface area contributed by atoms with Gasteiger partial charge in [-0.2, -0.15) is 0 Å². The fourth-order valence-electron chi connectivity index (χ4n) is 2.77. The van der Waals surface area contributed by atoms with Crippen molar-refractivity contribution in [3.63, 3.8) is 0 Å². The van der Waals surface area contributed by atoms with Crippen molar-refractivity contribution >= 4 is 28.6 Å². The first-order chi connectivity index (χ1) is 10.2. The molecule has 1 aliphatic rings. The van der Waals surface area contributed by atoms with Crippen molar-refractivity contribution in [3.05, 3.63) is 44.8 Å². The van der Waals surface area contributed by atoms with E-state index in [2.05, 4.69) is 35.1 Å². The minimum Gasteiger partial charge on any atom is -0.332 e. The summed E-state index contributed by atoms with van der Waals surface area (Å²) in [5.74, 6) is 0.825. The van der Waals surface area contributed by atoms with Gasteiger partial charge < -0.3 is 10.2 Å². The van der Waals surface area contributed by atoms with Crippen LogP contribution in [-0.4, -0.2) is 23.9 Å². The summed E-state index contributed by atoms with van der Waals surface area (Å²) in [4.78, 5) is 17.4. The second-order valence-corrected chi connectivity index (χ2v) is 7.66. The van der Waals surface area contributed by atoms with Crippen LogP contribution >= 0.6 is 22.7 Å². The van der Waals surface area contributed by atoms with Gasteiger partial charge in [0, 0.05) is 16.3 Å². The summed E-state index contributed by atoms with van der Waals surface area (Å²) in [5, 5.41) is 7.48. The molecule has 3 heterocycles. The topological polar surface area (TPSA) is 32.3 Å². The number of thiophene rings is 2. The van der Waals surface area contributed by atoms with Gasteiger partial charge in [-0.3, -0.25) is 4.79 Å². The van der Waals surface area contributed by atoms with E-state index in [-0.39, 0.29) is 11.8 Å². The van der Waals surface area contributed by atoms with E-state index in [1.54, 1.807) is 22.7 Å². The Balaban J connectivity index is 1.75. The van der Waals surface area contributed by atoms with Crippen molar-refractivity contribution in [1.29, 1.82) is 0 Å². The van der Waals surface area contributed by atoms with Gasteiger partial charge >= 0.3 is 0 Å². The SMILES string of the molecule is CC1CNCC1C(=O)N(Cc1cccs1)Cc1cccs1. The third-order valence-electron chi connectivity index (χ3n) is 4.00. The van der Waals surface area contributed by atoms with E-state index in [4.69, 9.17) is 0 Å². The first-order valence-electron chi connectivity index (χ1n) is 7.28. The van der Waals surface area contributed by atoms with Gasteiger partial charge in [0.25, 0.3) is 0 Å². The molecule has 1 saturated heterocycles. The van der Waals surface area contributed by atoms with Crippen LogP contribution in [0.15, 0.2) is 35.0 Å². The van der Waals surface area contributed by atoms with Gasteiger partial charge in [0.05, 0.1) is 19.0 Å². The number of carbonyl (C=O) groups is 1. The number of hydrogen-bond donors (Lipinski definition) is 1. The molecule has 3 rings (SSSR count). The molecule has 1 amide bonds. The highest BCUT2D eigenvalue weighted by atomic mass is 32.1. The van der Waals surface area contributed by atoms with Gasteiger partial charge in [-0.05, 0) is 35.4 Å². The highest BCUT2D eigenvalue weighted by molar-refractivity contribution is 7.10. The predicted octanol–water partition coefficient (Wildman–Crippen LogP) is 3.19. The van der Waals surface area contributed by atoms with Gasteiger partial charge in [-0.1, -0.05) is 19.1 Å². The number of nitrogens with zero attached hydrogens (tertiary/aromatic N) is 1. The lowest BCUT2D eigenvalue weighted by Gasteiger charge is -2.26. The Labute approximate surface area is 133 Å². The molecular formula is C16H20N2OS2. The number of carbonyl (C=O) groups excluding carboxylic acids is 1. The van der Waals surface area contributed by atoms with Crippen molar-refractivity contribution in [2.45, 2.75) is 20.0 Å².